The maximum Gasteiger partial charge on any atom is 0.303 e. The van der Waals surface area contributed by atoms with Crippen molar-refractivity contribution in [2.45, 2.75) is 12.8 Å². The molecule has 0 aliphatic heterocycles. The molecule has 4 nitrogen and oxygen atoms in total. The third-order valence-electron chi connectivity index (χ3n) is 2.48. The standard InChI is InChI=1S/C12H10BrNO3/c13-9-2-1-8-5-6-14(10(8)7-9)11(15)3-4-12(16)17/h1-2,5-7H,3-4H2,(H,16,17). The van der Waals surface area contributed by atoms with Gasteiger partial charge in [0.05, 0.1) is 11.9 Å². The van der Waals surface area contributed by atoms with Gasteiger partial charge in [0.15, 0.2) is 0 Å². The van der Waals surface area contributed by atoms with Gasteiger partial charge in [0.2, 0.25) is 5.91 Å². The SMILES string of the molecule is O=C(O)CCC(=O)n1ccc2ccc(Br)cc21. The van der Waals surface area contributed by atoms with Crippen LogP contribution in [0.4, 0.5) is 0 Å². The van der Waals surface area contributed by atoms with Gasteiger partial charge in [0.1, 0.15) is 0 Å². The Balaban J connectivity index is 2.32. The van der Waals surface area contributed by atoms with Crippen molar-refractivity contribution in [3.63, 3.8) is 0 Å². The van der Waals surface area contributed by atoms with E-state index in [2.05, 4.69) is 15.9 Å². The van der Waals surface area contributed by atoms with Crippen molar-refractivity contribution in [1.82, 2.24) is 4.57 Å². The summed E-state index contributed by atoms with van der Waals surface area (Å²) in [6.07, 6.45) is 1.53. The number of carbonyl (C=O) groups is 2. The minimum absolute atomic E-state index is 0.00558. The quantitative estimate of drug-likeness (QED) is 0.947. The second kappa shape index (κ2) is 4.71. The maximum atomic E-state index is 11.8. The summed E-state index contributed by atoms with van der Waals surface area (Å²) in [5.74, 6) is -1.17. The van der Waals surface area contributed by atoms with E-state index in [0.29, 0.717) is 0 Å². The molecule has 2 rings (SSSR count). The van der Waals surface area contributed by atoms with Crippen molar-refractivity contribution < 1.29 is 14.7 Å². The number of fused-ring (bicyclic) bond motifs is 1. The number of benzene rings is 1. The minimum atomic E-state index is -0.962. The van der Waals surface area contributed by atoms with E-state index in [4.69, 9.17) is 5.11 Å². The number of carboxylic acids is 1. The molecule has 0 radical (unpaired) electrons. The average molecular weight is 296 g/mol. The van der Waals surface area contributed by atoms with Gasteiger partial charge in [-0.05, 0) is 18.2 Å². The molecule has 2 aromatic rings. The number of carbonyl (C=O) groups excluding carboxylic acids is 1. The number of aliphatic carboxylic acids is 1. The number of aromatic nitrogens is 1. The van der Waals surface area contributed by atoms with Crippen LogP contribution >= 0.6 is 15.9 Å². The lowest BCUT2D eigenvalue weighted by molar-refractivity contribution is -0.136. The van der Waals surface area contributed by atoms with E-state index in [9.17, 15) is 9.59 Å². The molecule has 0 bridgehead atoms. The highest BCUT2D eigenvalue weighted by Crippen LogP contribution is 2.21. The first-order chi connectivity index (χ1) is 8.08. The summed E-state index contributed by atoms with van der Waals surface area (Å²) in [6.45, 7) is 0. The molecule has 0 aliphatic carbocycles. The summed E-state index contributed by atoms with van der Waals surface area (Å²) in [4.78, 5) is 22.2. The summed E-state index contributed by atoms with van der Waals surface area (Å²) in [5.41, 5.74) is 0.787. The fourth-order valence-electron chi connectivity index (χ4n) is 1.65. The van der Waals surface area contributed by atoms with E-state index in [0.717, 1.165) is 15.4 Å². The Hall–Kier alpha value is -1.62. The van der Waals surface area contributed by atoms with E-state index in [-0.39, 0.29) is 18.7 Å². The van der Waals surface area contributed by atoms with Crippen LogP contribution in [0.3, 0.4) is 0 Å². The molecule has 0 saturated heterocycles. The lowest BCUT2D eigenvalue weighted by Gasteiger charge is -2.03. The smallest absolute Gasteiger partial charge is 0.303 e. The molecular formula is C12H10BrNO3. The number of rotatable bonds is 3. The number of hydrogen-bond donors (Lipinski definition) is 1. The van der Waals surface area contributed by atoms with Crippen LogP contribution in [0.1, 0.15) is 17.6 Å². The molecule has 0 atom stereocenters. The second-order valence-electron chi connectivity index (χ2n) is 3.68. The van der Waals surface area contributed by atoms with Crippen LogP contribution in [0.15, 0.2) is 34.9 Å². The third kappa shape index (κ3) is 2.55. The lowest BCUT2D eigenvalue weighted by atomic mass is 10.2. The Morgan fingerprint density at radius 3 is 2.71 bits per heavy atom. The van der Waals surface area contributed by atoms with E-state index >= 15 is 0 Å². The summed E-state index contributed by atoms with van der Waals surface area (Å²) in [5, 5.41) is 9.50. The Labute approximate surface area is 106 Å². The summed E-state index contributed by atoms with van der Waals surface area (Å²) < 4.78 is 2.37. The monoisotopic (exact) mass is 295 g/mol. The molecule has 0 unspecified atom stereocenters. The molecular weight excluding hydrogens is 286 g/mol. The molecule has 0 amide bonds. The van der Waals surface area contributed by atoms with Crippen molar-refractivity contribution in [3.05, 3.63) is 34.9 Å². The van der Waals surface area contributed by atoms with Crippen LogP contribution in [-0.4, -0.2) is 21.6 Å². The molecule has 0 fully saturated rings. The highest BCUT2D eigenvalue weighted by molar-refractivity contribution is 9.10. The molecule has 17 heavy (non-hydrogen) atoms. The third-order valence-corrected chi connectivity index (χ3v) is 2.97. The number of nitrogens with zero attached hydrogens (tertiary/aromatic N) is 1. The van der Waals surface area contributed by atoms with Crippen LogP contribution in [0, 0.1) is 0 Å². The topological polar surface area (TPSA) is 59.3 Å². The number of hydrogen-bond acceptors (Lipinski definition) is 2. The molecule has 1 heterocycles. The van der Waals surface area contributed by atoms with Gasteiger partial charge in [-0.15, -0.1) is 0 Å². The molecule has 1 aromatic carbocycles. The molecule has 1 N–H and O–H groups in total. The van der Waals surface area contributed by atoms with E-state index < -0.39 is 5.97 Å². The van der Waals surface area contributed by atoms with Crippen molar-refractivity contribution in [3.8, 4) is 0 Å². The van der Waals surface area contributed by atoms with Gasteiger partial charge >= 0.3 is 5.97 Å². The van der Waals surface area contributed by atoms with Crippen molar-refractivity contribution >= 4 is 38.7 Å². The van der Waals surface area contributed by atoms with Gasteiger partial charge in [-0.3, -0.25) is 14.2 Å². The van der Waals surface area contributed by atoms with Crippen LogP contribution in [-0.2, 0) is 4.79 Å². The van der Waals surface area contributed by atoms with Crippen molar-refractivity contribution in [2.24, 2.45) is 0 Å². The Bertz CT molecular complexity index is 588. The fourth-order valence-corrected chi connectivity index (χ4v) is 2.00. The second-order valence-corrected chi connectivity index (χ2v) is 4.59. The van der Waals surface area contributed by atoms with Gasteiger partial charge in [-0.1, -0.05) is 22.0 Å². The molecule has 0 aliphatic rings. The molecule has 0 saturated carbocycles. The van der Waals surface area contributed by atoms with E-state index in [1.165, 1.54) is 4.57 Å². The highest BCUT2D eigenvalue weighted by atomic mass is 79.9. The van der Waals surface area contributed by atoms with E-state index in [1.54, 1.807) is 6.20 Å². The van der Waals surface area contributed by atoms with Crippen molar-refractivity contribution in [1.29, 1.82) is 0 Å². The summed E-state index contributed by atoms with van der Waals surface area (Å²) >= 11 is 3.34. The average Bonchev–Trinajstić information content (AvgIpc) is 2.68. The Kier molecular flexibility index (Phi) is 3.28. The predicted octanol–water partition coefficient (Wildman–Crippen LogP) is 2.91. The van der Waals surface area contributed by atoms with Crippen LogP contribution < -0.4 is 0 Å². The van der Waals surface area contributed by atoms with Gasteiger partial charge in [0, 0.05) is 22.5 Å². The fraction of sp³-hybridized carbons (Fsp3) is 0.167. The zero-order valence-electron chi connectivity index (χ0n) is 8.89. The van der Waals surface area contributed by atoms with Crippen LogP contribution in [0.2, 0.25) is 0 Å². The number of halogens is 1. The van der Waals surface area contributed by atoms with Crippen LogP contribution in [0.25, 0.3) is 10.9 Å². The largest absolute Gasteiger partial charge is 0.481 e. The first-order valence-electron chi connectivity index (χ1n) is 5.09. The molecule has 5 heteroatoms. The summed E-state index contributed by atoms with van der Waals surface area (Å²) in [6, 6.07) is 7.48. The highest BCUT2D eigenvalue weighted by Gasteiger charge is 2.10. The van der Waals surface area contributed by atoms with Crippen molar-refractivity contribution in [2.75, 3.05) is 0 Å². The normalized spacial score (nSPS) is 10.6. The van der Waals surface area contributed by atoms with Gasteiger partial charge in [-0.2, -0.15) is 0 Å². The number of carboxylic acid groups (broad SMARTS) is 1. The minimum Gasteiger partial charge on any atom is -0.481 e. The first kappa shape index (κ1) is 11.9. The van der Waals surface area contributed by atoms with Crippen LogP contribution in [0.5, 0.6) is 0 Å². The molecule has 1 aromatic heterocycles. The Morgan fingerprint density at radius 2 is 2.00 bits per heavy atom. The zero-order chi connectivity index (χ0) is 12.4. The molecule has 88 valence electrons. The van der Waals surface area contributed by atoms with Gasteiger partial charge in [0.25, 0.3) is 0 Å². The lowest BCUT2D eigenvalue weighted by Crippen LogP contribution is -2.11. The zero-order valence-corrected chi connectivity index (χ0v) is 10.5. The van der Waals surface area contributed by atoms with Gasteiger partial charge < -0.3 is 5.11 Å². The predicted molar refractivity (Wildman–Crippen MR) is 67.1 cm³/mol. The van der Waals surface area contributed by atoms with Gasteiger partial charge in [-0.25, -0.2) is 0 Å². The maximum absolute atomic E-state index is 11.8. The Morgan fingerprint density at radius 1 is 1.24 bits per heavy atom. The van der Waals surface area contributed by atoms with E-state index in [1.807, 2.05) is 24.3 Å². The first-order valence-corrected chi connectivity index (χ1v) is 5.89. The molecule has 0 spiro atoms. The summed E-state index contributed by atoms with van der Waals surface area (Å²) in [7, 11) is 0.